The molecular weight excluding hydrogens is 396 g/mol. The third-order valence-corrected chi connectivity index (χ3v) is 5.70. The summed E-state index contributed by atoms with van der Waals surface area (Å²) in [6.07, 6.45) is 0. The average molecular weight is 417 g/mol. The molecule has 2 aromatic heterocycles. The molecule has 0 aliphatic carbocycles. The summed E-state index contributed by atoms with van der Waals surface area (Å²) in [6, 6.07) is 8.74. The van der Waals surface area contributed by atoms with Crippen LogP contribution in [0.2, 0.25) is 0 Å². The number of benzene rings is 1. The van der Waals surface area contributed by atoms with E-state index in [0.29, 0.717) is 27.6 Å². The summed E-state index contributed by atoms with van der Waals surface area (Å²) in [5.41, 5.74) is 6.07. The van der Waals surface area contributed by atoms with Crippen LogP contribution >= 0.6 is 23.1 Å². The Morgan fingerprint density at radius 1 is 1.29 bits per heavy atom. The van der Waals surface area contributed by atoms with Crippen LogP contribution in [0, 0.1) is 5.92 Å². The van der Waals surface area contributed by atoms with Gasteiger partial charge >= 0.3 is 0 Å². The van der Waals surface area contributed by atoms with Gasteiger partial charge in [-0.2, -0.15) is 0 Å². The zero-order valence-electron chi connectivity index (χ0n) is 15.5. The van der Waals surface area contributed by atoms with E-state index in [2.05, 4.69) is 10.3 Å². The predicted octanol–water partition coefficient (Wildman–Crippen LogP) is 2.94. The smallest absolute Gasteiger partial charge is 0.262 e. The number of nitrogens with zero attached hydrogens (tertiary/aromatic N) is 2. The molecule has 3 rings (SSSR count). The normalized spacial score (nSPS) is 11.1. The fraction of sp³-hybridized carbons (Fsp3) is 0.263. The molecule has 0 saturated carbocycles. The van der Waals surface area contributed by atoms with E-state index in [1.54, 1.807) is 28.1 Å². The molecule has 146 valence electrons. The number of hydrogen-bond acceptors (Lipinski definition) is 6. The summed E-state index contributed by atoms with van der Waals surface area (Å²) in [5, 5.41) is 5.86. The van der Waals surface area contributed by atoms with Gasteiger partial charge in [-0.15, -0.1) is 11.3 Å². The van der Waals surface area contributed by atoms with Crippen molar-refractivity contribution in [1.82, 2.24) is 9.55 Å². The maximum Gasteiger partial charge on any atom is 0.262 e. The first kappa shape index (κ1) is 20.1. The molecule has 0 spiro atoms. The Balaban J connectivity index is 1.83. The van der Waals surface area contributed by atoms with Crippen LogP contribution in [0.15, 0.2) is 45.7 Å². The Labute approximate surface area is 170 Å². The molecule has 0 aliphatic rings. The maximum absolute atomic E-state index is 12.9. The van der Waals surface area contributed by atoms with Gasteiger partial charge in [0.2, 0.25) is 5.91 Å². The van der Waals surface area contributed by atoms with Crippen molar-refractivity contribution in [3.63, 3.8) is 0 Å². The molecule has 0 aliphatic heterocycles. The molecule has 28 heavy (non-hydrogen) atoms. The zero-order valence-corrected chi connectivity index (χ0v) is 17.1. The van der Waals surface area contributed by atoms with Gasteiger partial charge in [0.1, 0.15) is 5.00 Å². The third-order valence-electron chi connectivity index (χ3n) is 3.89. The van der Waals surface area contributed by atoms with Crippen LogP contribution < -0.4 is 16.6 Å². The van der Waals surface area contributed by atoms with Crippen molar-refractivity contribution in [2.75, 3.05) is 11.1 Å². The number of nitrogens with two attached hydrogens (primary N) is 1. The van der Waals surface area contributed by atoms with Gasteiger partial charge in [-0.3, -0.25) is 19.0 Å². The number of thiophene rings is 1. The number of amides is 2. The highest BCUT2D eigenvalue weighted by atomic mass is 32.2. The molecule has 1 aromatic carbocycles. The highest BCUT2D eigenvalue weighted by Gasteiger charge is 2.16. The number of carbonyl (C=O) groups is 2. The van der Waals surface area contributed by atoms with Crippen LogP contribution in [0.1, 0.15) is 24.2 Å². The van der Waals surface area contributed by atoms with Gasteiger partial charge in [-0.1, -0.05) is 37.7 Å². The van der Waals surface area contributed by atoms with E-state index in [1.807, 2.05) is 26.0 Å². The Morgan fingerprint density at radius 3 is 2.75 bits per heavy atom. The van der Waals surface area contributed by atoms with Crippen molar-refractivity contribution in [2.45, 2.75) is 25.5 Å². The van der Waals surface area contributed by atoms with Crippen LogP contribution in [-0.4, -0.2) is 27.1 Å². The minimum Gasteiger partial charge on any atom is -0.366 e. The van der Waals surface area contributed by atoms with Crippen LogP contribution in [-0.2, 0) is 11.3 Å². The molecule has 0 radical (unpaired) electrons. The molecule has 0 fully saturated rings. The highest BCUT2D eigenvalue weighted by molar-refractivity contribution is 7.99. The summed E-state index contributed by atoms with van der Waals surface area (Å²) < 4.78 is 1.62. The molecule has 0 atom stereocenters. The molecule has 0 unspecified atom stereocenters. The van der Waals surface area contributed by atoms with E-state index in [1.165, 1.54) is 23.1 Å². The summed E-state index contributed by atoms with van der Waals surface area (Å²) in [6.45, 7) is 4.55. The Morgan fingerprint density at radius 2 is 2.04 bits per heavy atom. The van der Waals surface area contributed by atoms with Crippen molar-refractivity contribution < 1.29 is 9.59 Å². The molecule has 0 bridgehead atoms. The van der Waals surface area contributed by atoms with Crippen LogP contribution in [0.5, 0.6) is 0 Å². The summed E-state index contributed by atoms with van der Waals surface area (Å²) >= 11 is 2.42. The number of aromatic nitrogens is 2. The number of thioether (sulfide) groups is 1. The van der Waals surface area contributed by atoms with Crippen molar-refractivity contribution in [2.24, 2.45) is 11.7 Å². The first-order chi connectivity index (χ1) is 13.4. The van der Waals surface area contributed by atoms with Crippen LogP contribution in [0.25, 0.3) is 10.9 Å². The molecule has 9 heteroatoms. The van der Waals surface area contributed by atoms with Gasteiger partial charge in [0.05, 0.1) is 22.2 Å². The fourth-order valence-corrected chi connectivity index (χ4v) is 4.29. The number of anilines is 1. The summed E-state index contributed by atoms with van der Waals surface area (Å²) in [7, 11) is 0. The summed E-state index contributed by atoms with van der Waals surface area (Å²) in [5.74, 6) is -0.586. The lowest BCUT2D eigenvalue weighted by Crippen LogP contribution is -2.26. The fourth-order valence-electron chi connectivity index (χ4n) is 2.68. The Bertz CT molecular complexity index is 1090. The molecular formula is C19H20N4O3S2. The minimum atomic E-state index is -0.592. The first-order valence-electron chi connectivity index (χ1n) is 8.66. The maximum atomic E-state index is 12.9. The number of para-hydroxylation sites is 1. The summed E-state index contributed by atoms with van der Waals surface area (Å²) in [4.78, 5) is 41.2. The Kier molecular flexibility index (Phi) is 6.15. The predicted molar refractivity (Wildman–Crippen MR) is 113 cm³/mol. The van der Waals surface area contributed by atoms with Crippen molar-refractivity contribution in [3.05, 3.63) is 51.6 Å². The van der Waals surface area contributed by atoms with Crippen LogP contribution in [0.4, 0.5) is 5.00 Å². The SMILES string of the molecule is CC(C)Cn1c(SCC(=O)Nc2sccc2C(N)=O)nc2ccccc2c1=O. The molecule has 2 amide bonds. The number of hydrogen-bond donors (Lipinski definition) is 2. The molecule has 0 saturated heterocycles. The standard InChI is InChI=1S/C19H20N4O3S2/c1-11(2)9-23-18(26)12-5-3-4-6-14(12)21-19(23)28-10-15(24)22-17-13(16(20)25)7-8-27-17/h3-8,11H,9-10H2,1-2H3,(H2,20,25)(H,22,24). The van der Waals surface area contributed by atoms with E-state index in [-0.39, 0.29) is 28.7 Å². The minimum absolute atomic E-state index is 0.0545. The van der Waals surface area contributed by atoms with E-state index in [4.69, 9.17) is 5.73 Å². The van der Waals surface area contributed by atoms with Gasteiger partial charge in [-0.25, -0.2) is 4.98 Å². The zero-order chi connectivity index (χ0) is 20.3. The highest BCUT2D eigenvalue weighted by Crippen LogP contribution is 2.24. The molecule has 3 N–H and O–H groups in total. The molecule has 7 nitrogen and oxygen atoms in total. The van der Waals surface area contributed by atoms with E-state index >= 15 is 0 Å². The van der Waals surface area contributed by atoms with Crippen molar-refractivity contribution >= 4 is 50.8 Å². The van der Waals surface area contributed by atoms with Gasteiger partial charge < -0.3 is 11.1 Å². The van der Waals surface area contributed by atoms with E-state index in [0.717, 1.165) is 0 Å². The second-order valence-corrected chi connectivity index (χ2v) is 8.44. The van der Waals surface area contributed by atoms with Gasteiger partial charge in [0.15, 0.2) is 5.16 Å². The second-order valence-electron chi connectivity index (χ2n) is 6.59. The van der Waals surface area contributed by atoms with Crippen molar-refractivity contribution in [3.8, 4) is 0 Å². The average Bonchev–Trinajstić information content (AvgIpc) is 3.11. The second kappa shape index (κ2) is 8.57. The number of carbonyl (C=O) groups excluding carboxylic acids is 2. The number of fused-ring (bicyclic) bond motifs is 1. The topological polar surface area (TPSA) is 107 Å². The first-order valence-corrected chi connectivity index (χ1v) is 10.5. The lowest BCUT2D eigenvalue weighted by atomic mass is 10.2. The number of nitrogens with one attached hydrogen (secondary N) is 1. The largest absolute Gasteiger partial charge is 0.366 e. The van der Waals surface area contributed by atoms with Gasteiger partial charge in [0.25, 0.3) is 11.5 Å². The number of primary amides is 1. The van der Waals surface area contributed by atoms with Gasteiger partial charge in [-0.05, 0) is 29.5 Å². The molecule has 3 aromatic rings. The number of rotatable bonds is 7. The monoisotopic (exact) mass is 416 g/mol. The lowest BCUT2D eigenvalue weighted by Gasteiger charge is -2.14. The Hall–Kier alpha value is -2.65. The van der Waals surface area contributed by atoms with Crippen LogP contribution in [0.3, 0.4) is 0 Å². The van der Waals surface area contributed by atoms with E-state index < -0.39 is 5.91 Å². The lowest BCUT2D eigenvalue weighted by molar-refractivity contribution is -0.113. The molecule has 2 heterocycles. The quantitative estimate of drug-likeness (QED) is 0.455. The van der Waals surface area contributed by atoms with Gasteiger partial charge in [0, 0.05) is 6.54 Å². The van der Waals surface area contributed by atoms with Crippen molar-refractivity contribution in [1.29, 1.82) is 0 Å². The third kappa shape index (κ3) is 4.42. The van der Waals surface area contributed by atoms with E-state index in [9.17, 15) is 14.4 Å².